The van der Waals surface area contributed by atoms with Crippen molar-refractivity contribution in [1.82, 2.24) is 20.0 Å². The van der Waals surface area contributed by atoms with E-state index in [1.54, 1.807) is 11.0 Å². The highest BCUT2D eigenvalue weighted by Gasteiger charge is 2.26. The molecule has 3 aromatic rings. The van der Waals surface area contributed by atoms with Crippen LogP contribution in [0.15, 0.2) is 42.5 Å². The molecule has 0 atom stereocenters. The maximum atomic E-state index is 13.3. The zero-order chi connectivity index (χ0) is 19.7. The van der Waals surface area contributed by atoms with Gasteiger partial charge in [-0.2, -0.15) is 5.10 Å². The predicted octanol–water partition coefficient (Wildman–Crippen LogP) is 2.48. The lowest BCUT2D eigenvalue weighted by atomic mass is 10.1. The smallest absolute Gasteiger partial charge is 0.275 e. The van der Waals surface area contributed by atoms with Crippen LogP contribution in [-0.4, -0.2) is 64.4 Å². The standard InChI is InChI=1S/C20H18F2N4O2/c21-14-3-1-13(2-4-14)18(27)12-25-7-9-26(10-8-25)20(28)19-16-6-5-15(22)11-17(16)23-24-19/h1-6,11H,7-10,12H2,(H,23,24). The van der Waals surface area contributed by atoms with Crippen molar-refractivity contribution in [2.75, 3.05) is 32.7 Å². The number of hydrogen-bond acceptors (Lipinski definition) is 4. The second kappa shape index (κ2) is 7.47. The second-order valence-corrected chi connectivity index (χ2v) is 6.76. The molecule has 0 spiro atoms. The average molecular weight is 384 g/mol. The van der Waals surface area contributed by atoms with Crippen molar-refractivity contribution in [3.63, 3.8) is 0 Å². The van der Waals surface area contributed by atoms with Gasteiger partial charge in [0.2, 0.25) is 0 Å². The van der Waals surface area contributed by atoms with Gasteiger partial charge in [0.1, 0.15) is 11.6 Å². The van der Waals surface area contributed by atoms with Crippen molar-refractivity contribution in [3.05, 3.63) is 65.4 Å². The minimum absolute atomic E-state index is 0.0832. The van der Waals surface area contributed by atoms with Crippen molar-refractivity contribution in [2.24, 2.45) is 0 Å². The van der Waals surface area contributed by atoms with E-state index >= 15 is 0 Å². The maximum Gasteiger partial charge on any atom is 0.275 e. The third-order valence-electron chi connectivity index (χ3n) is 4.92. The molecule has 4 rings (SSSR count). The Bertz CT molecular complexity index is 1020. The first-order valence-corrected chi connectivity index (χ1v) is 8.95. The van der Waals surface area contributed by atoms with Crippen LogP contribution in [0.25, 0.3) is 10.9 Å². The highest BCUT2D eigenvalue weighted by Crippen LogP contribution is 2.19. The van der Waals surface area contributed by atoms with Crippen molar-refractivity contribution >= 4 is 22.6 Å². The highest BCUT2D eigenvalue weighted by atomic mass is 19.1. The lowest BCUT2D eigenvalue weighted by Crippen LogP contribution is -2.50. The van der Waals surface area contributed by atoms with Gasteiger partial charge in [-0.3, -0.25) is 19.6 Å². The number of fused-ring (bicyclic) bond motifs is 1. The van der Waals surface area contributed by atoms with E-state index in [0.29, 0.717) is 42.6 Å². The molecule has 0 radical (unpaired) electrons. The Morgan fingerprint density at radius 3 is 2.36 bits per heavy atom. The molecule has 1 amide bonds. The molecule has 2 aromatic carbocycles. The van der Waals surface area contributed by atoms with Gasteiger partial charge in [-0.05, 0) is 42.5 Å². The number of H-pyrrole nitrogens is 1. The molecule has 0 saturated carbocycles. The summed E-state index contributed by atoms with van der Waals surface area (Å²) in [6.45, 7) is 2.25. The van der Waals surface area contributed by atoms with Crippen LogP contribution in [0.2, 0.25) is 0 Å². The van der Waals surface area contributed by atoms with Gasteiger partial charge in [0.15, 0.2) is 11.5 Å². The number of hydrogen-bond donors (Lipinski definition) is 1. The summed E-state index contributed by atoms with van der Waals surface area (Å²) < 4.78 is 26.3. The van der Waals surface area contributed by atoms with Crippen LogP contribution in [0.1, 0.15) is 20.8 Å². The van der Waals surface area contributed by atoms with Gasteiger partial charge in [0, 0.05) is 37.1 Å². The molecular weight excluding hydrogens is 366 g/mol. The highest BCUT2D eigenvalue weighted by molar-refractivity contribution is 6.04. The van der Waals surface area contributed by atoms with E-state index in [-0.39, 0.29) is 29.7 Å². The maximum absolute atomic E-state index is 13.3. The van der Waals surface area contributed by atoms with E-state index in [2.05, 4.69) is 10.2 Å². The first-order valence-electron chi connectivity index (χ1n) is 8.95. The van der Waals surface area contributed by atoms with Gasteiger partial charge in [-0.25, -0.2) is 8.78 Å². The fourth-order valence-corrected chi connectivity index (χ4v) is 3.34. The topological polar surface area (TPSA) is 69.3 Å². The van der Waals surface area contributed by atoms with Crippen LogP contribution in [0.5, 0.6) is 0 Å². The Hall–Kier alpha value is -3.13. The number of halogens is 2. The van der Waals surface area contributed by atoms with E-state index in [9.17, 15) is 18.4 Å². The molecule has 6 nitrogen and oxygen atoms in total. The normalized spacial score (nSPS) is 15.1. The number of piperazine rings is 1. The van der Waals surface area contributed by atoms with Gasteiger partial charge < -0.3 is 4.90 Å². The number of carbonyl (C=O) groups is 2. The van der Waals surface area contributed by atoms with Crippen LogP contribution < -0.4 is 0 Å². The van der Waals surface area contributed by atoms with Crippen molar-refractivity contribution in [3.8, 4) is 0 Å². The molecule has 1 N–H and O–H groups in total. The van der Waals surface area contributed by atoms with Crippen LogP contribution in [0.4, 0.5) is 8.78 Å². The summed E-state index contributed by atoms with van der Waals surface area (Å²) in [6.07, 6.45) is 0. The summed E-state index contributed by atoms with van der Waals surface area (Å²) >= 11 is 0. The zero-order valence-corrected chi connectivity index (χ0v) is 15.0. The molecule has 144 valence electrons. The van der Waals surface area contributed by atoms with Crippen LogP contribution in [0.3, 0.4) is 0 Å². The Kier molecular flexibility index (Phi) is 4.87. The van der Waals surface area contributed by atoms with E-state index in [4.69, 9.17) is 0 Å². The summed E-state index contributed by atoms with van der Waals surface area (Å²) in [5, 5.41) is 7.31. The summed E-state index contributed by atoms with van der Waals surface area (Å²) in [6, 6.07) is 9.63. The second-order valence-electron chi connectivity index (χ2n) is 6.76. The molecule has 28 heavy (non-hydrogen) atoms. The number of carbonyl (C=O) groups excluding carboxylic acids is 2. The Balaban J connectivity index is 1.37. The van der Waals surface area contributed by atoms with Crippen LogP contribution in [0, 0.1) is 11.6 Å². The Morgan fingerprint density at radius 2 is 1.64 bits per heavy atom. The molecule has 0 bridgehead atoms. The third kappa shape index (κ3) is 3.63. The molecule has 1 aliphatic rings. The summed E-state index contributed by atoms with van der Waals surface area (Å²) in [5.74, 6) is -1.07. The first kappa shape index (κ1) is 18.2. The average Bonchev–Trinajstić information content (AvgIpc) is 3.11. The molecule has 0 unspecified atom stereocenters. The van der Waals surface area contributed by atoms with Crippen molar-refractivity contribution in [2.45, 2.75) is 0 Å². The summed E-state index contributed by atoms with van der Waals surface area (Å²) in [7, 11) is 0. The minimum atomic E-state index is -0.394. The van der Waals surface area contributed by atoms with Crippen molar-refractivity contribution < 1.29 is 18.4 Å². The van der Waals surface area contributed by atoms with Gasteiger partial charge >= 0.3 is 0 Å². The number of nitrogens with zero attached hydrogens (tertiary/aromatic N) is 3. The molecule has 1 aliphatic heterocycles. The lowest BCUT2D eigenvalue weighted by Gasteiger charge is -2.34. The number of aromatic amines is 1. The molecule has 1 aromatic heterocycles. The van der Waals surface area contributed by atoms with Gasteiger partial charge in [0.05, 0.1) is 12.1 Å². The minimum Gasteiger partial charge on any atom is -0.335 e. The van der Waals surface area contributed by atoms with Crippen molar-refractivity contribution in [1.29, 1.82) is 0 Å². The molecule has 8 heteroatoms. The largest absolute Gasteiger partial charge is 0.335 e. The monoisotopic (exact) mass is 384 g/mol. The SMILES string of the molecule is O=C(CN1CCN(C(=O)c2n[nH]c3cc(F)ccc23)CC1)c1ccc(F)cc1. The fraction of sp³-hybridized carbons (Fsp3) is 0.250. The molecule has 1 saturated heterocycles. The number of rotatable bonds is 4. The van der Waals surface area contributed by atoms with Gasteiger partial charge in [-0.15, -0.1) is 0 Å². The Labute approximate surface area is 159 Å². The lowest BCUT2D eigenvalue weighted by molar-refractivity contribution is 0.0621. The van der Waals surface area contributed by atoms with Gasteiger partial charge in [0.25, 0.3) is 5.91 Å². The number of aromatic nitrogens is 2. The zero-order valence-electron chi connectivity index (χ0n) is 15.0. The summed E-state index contributed by atoms with van der Waals surface area (Å²) in [5.41, 5.74) is 1.22. The number of benzene rings is 2. The third-order valence-corrected chi connectivity index (χ3v) is 4.92. The molecule has 0 aliphatic carbocycles. The fourth-order valence-electron chi connectivity index (χ4n) is 3.34. The van der Waals surface area contributed by atoms with E-state index < -0.39 is 5.82 Å². The van der Waals surface area contributed by atoms with Crippen LogP contribution in [-0.2, 0) is 0 Å². The molecule has 2 heterocycles. The quantitative estimate of drug-likeness (QED) is 0.702. The van der Waals surface area contributed by atoms with Gasteiger partial charge in [-0.1, -0.05) is 0 Å². The van der Waals surface area contributed by atoms with Crippen LogP contribution >= 0.6 is 0 Å². The number of amides is 1. The summed E-state index contributed by atoms with van der Waals surface area (Å²) in [4.78, 5) is 28.7. The predicted molar refractivity (Wildman–Crippen MR) is 99.1 cm³/mol. The Morgan fingerprint density at radius 1 is 0.964 bits per heavy atom. The molecule has 1 fully saturated rings. The number of ketones is 1. The molecular formula is C20H18F2N4O2. The van der Waals surface area contributed by atoms with E-state index in [0.717, 1.165) is 0 Å². The number of nitrogens with one attached hydrogen (secondary N) is 1. The van der Waals surface area contributed by atoms with E-state index in [1.165, 1.54) is 36.4 Å². The first-order chi connectivity index (χ1) is 13.5. The number of Topliss-reactive ketones (excluding diaryl/α,β-unsaturated/α-hetero) is 1. The van der Waals surface area contributed by atoms with E-state index in [1.807, 2.05) is 4.90 Å².